The van der Waals surface area contributed by atoms with Gasteiger partial charge in [-0.05, 0) is 61.4 Å². The minimum Gasteiger partial charge on any atom is -0.336 e. The lowest BCUT2D eigenvalue weighted by Gasteiger charge is -2.38. The number of rotatable bonds is 5. The molecule has 1 saturated heterocycles. The van der Waals surface area contributed by atoms with Crippen LogP contribution in [0.4, 0.5) is 5.69 Å². The van der Waals surface area contributed by atoms with Crippen molar-refractivity contribution in [3.05, 3.63) is 59.1 Å². The fourth-order valence-corrected chi connectivity index (χ4v) is 5.44. The summed E-state index contributed by atoms with van der Waals surface area (Å²) >= 11 is 5.84. The van der Waals surface area contributed by atoms with Crippen LogP contribution in [-0.2, 0) is 10.0 Å². The zero-order chi connectivity index (χ0) is 21.1. The van der Waals surface area contributed by atoms with Gasteiger partial charge in [-0.2, -0.15) is 0 Å². The molecule has 0 aromatic heterocycles. The molecule has 2 aromatic rings. The molecule has 1 aliphatic carbocycles. The lowest BCUT2D eigenvalue weighted by molar-refractivity contribution is 0.0573. The normalized spacial score (nSPS) is 18.5. The summed E-state index contributed by atoms with van der Waals surface area (Å²) in [6.07, 6.45) is 5.17. The summed E-state index contributed by atoms with van der Waals surface area (Å²) in [5, 5.41) is 0.532. The fourth-order valence-electron chi connectivity index (χ4n) is 4.25. The third-order valence-electron chi connectivity index (χ3n) is 5.95. The van der Waals surface area contributed by atoms with Gasteiger partial charge in [0, 0.05) is 48.5 Å². The molecular formula is C22H26ClN3O3S. The highest BCUT2D eigenvalue weighted by Gasteiger charge is 2.28. The Balaban J connectivity index is 1.38. The maximum Gasteiger partial charge on any atom is 0.261 e. The Labute approximate surface area is 182 Å². The standard InChI is InChI=1S/C22H26ClN3O3S/c23-18-7-9-19(10-8-18)24-30(28,29)21-11-5-17(6-12-21)22(27)26-15-13-25(14-16-26)20-3-1-2-4-20/h5-12,20,24H,1-4,13-16H2. The molecule has 4 rings (SSSR count). The quantitative estimate of drug-likeness (QED) is 0.756. The highest BCUT2D eigenvalue weighted by atomic mass is 35.5. The maximum absolute atomic E-state index is 12.8. The summed E-state index contributed by atoms with van der Waals surface area (Å²) in [4.78, 5) is 17.3. The van der Waals surface area contributed by atoms with Gasteiger partial charge in [-0.3, -0.25) is 14.4 Å². The van der Waals surface area contributed by atoms with Gasteiger partial charge in [0.2, 0.25) is 0 Å². The van der Waals surface area contributed by atoms with Gasteiger partial charge in [-0.1, -0.05) is 24.4 Å². The second kappa shape index (κ2) is 8.96. The molecule has 1 saturated carbocycles. The summed E-state index contributed by atoms with van der Waals surface area (Å²) in [5.41, 5.74) is 0.939. The molecule has 0 radical (unpaired) electrons. The third-order valence-corrected chi connectivity index (χ3v) is 7.60. The van der Waals surface area contributed by atoms with Crippen molar-refractivity contribution in [2.45, 2.75) is 36.6 Å². The number of halogens is 1. The number of amides is 1. The van der Waals surface area contributed by atoms with Crippen molar-refractivity contribution in [2.75, 3.05) is 30.9 Å². The van der Waals surface area contributed by atoms with Gasteiger partial charge in [-0.25, -0.2) is 8.42 Å². The number of carbonyl (C=O) groups is 1. The minimum atomic E-state index is -3.73. The number of nitrogens with zero attached hydrogens (tertiary/aromatic N) is 2. The molecule has 1 heterocycles. The van der Waals surface area contributed by atoms with Crippen molar-refractivity contribution in [1.29, 1.82) is 0 Å². The van der Waals surface area contributed by atoms with Crippen LogP contribution in [0, 0.1) is 0 Å². The van der Waals surface area contributed by atoms with Gasteiger partial charge in [0.25, 0.3) is 15.9 Å². The first kappa shape index (κ1) is 21.2. The highest BCUT2D eigenvalue weighted by molar-refractivity contribution is 7.92. The Bertz CT molecular complexity index is 979. The number of hydrogen-bond acceptors (Lipinski definition) is 4. The van der Waals surface area contributed by atoms with E-state index in [9.17, 15) is 13.2 Å². The lowest BCUT2D eigenvalue weighted by atomic mass is 10.1. The van der Waals surface area contributed by atoms with Gasteiger partial charge in [-0.15, -0.1) is 0 Å². The first-order valence-electron chi connectivity index (χ1n) is 10.3. The number of benzene rings is 2. The van der Waals surface area contributed by atoms with E-state index in [1.807, 2.05) is 4.90 Å². The molecule has 2 fully saturated rings. The van der Waals surface area contributed by atoms with Crippen molar-refractivity contribution in [2.24, 2.45) is 0 Å². The molecule has 6 nitrogen and oxygen atoms in total. The van der Waals surface area contributed by atoms with Crippen LogP contribution in [0.5, 0.6) is 0 Å². The van der Waals surface area contributed by atoms with Crippen LogP contribution in [-0.4, -0.2) is 56.3 Å². The van der Waals surface area contributed by atoms with E-state index in [0.29, 0.717) is 35.4 Å². The Morgan fingerprint density at radius 1 is 0.900 bits per heavy atom. The SMILES string of the molecule is O=C(c1ccc(S(=O)(=O)Nc2ccc(Cl)cc2)cc1)N1CCN(C2CCCC2)CC1. The Morgan fingerprint density at radius 2 is 1.50 bits per heavy atom. The summed E-state index contributed by atoms with van der Waals surface area (Å²) in [6, 6.07) is 13.2. The minimum absolute atomic E-state index is 0.0457. The monoisotopic (exact) mass is 447 g/mol. The average molecular weight is 448 g/mol. The zero-order valence-electron chi connectivity index (χ0n) is 16.8. The maximum atomic E-state index is 12.8. The number of nitrogens with one attached hydrogen (secondary N) is 1. The highest BCUT2D eigenvalue weighted by Crippen LogP contribution is 2.25. The molecule has 0 atom stereocenters. The predicted molar refractivity (Wildman–Crippen MR) is 118 cm³/mol. The largest absolute Gasteiger partial charge is 0.336 e. The predicted octanol–water partition coefficient (Wildman–Crippen LogP) is 3.84. The van der Waals surface area contributed by atoms with E-state index in [1.165, 1.54) is 37.8 Å². The smallest absolute Gasteiger partial charge is 0.261 e. The molecule has 0 spiro atoms. The summed E-state index contributed by atoms with van der Waals surface area (Å²) in [6.45, 7) is 3.25. The number of hydrogen-bond donors (Lipinski definition) is 1. The molecule has 30 heavy (non-hydrogen) atoms. The second-order valence-electron chi connectivity index (χ2n) is 7.90. The zero-order valence-corrected chi connectivity index (χ0v) is 18.3. The molecule has 8 heteroatoms. The summed E-state index contributed by atoms with van der Waals surface area (Å²) in [7, 11) is -3.73. The number of sulfonamides is 1. The Kier molecular flexibility index (Phi) is 6.32. The van der Waals surface area contributed by atoms with Crippen LogP contribution >= 0.6 is 11.6 Å². The Morgan fingerprint density at radius 3 is 2.10 bits per heavy atom. The molecule has 1 amide bonds. The average Bonchev–Trinajstić information content (AvgIpc) is 3.30. The van der Waals surface area contributed by atoms with Crippen LogP contribution in [0.1, 0.15) is 36.0 Å². The number of piperazine rings is 1. The van der Waals surface area contributed by atoms with Crippen LogP contribution in [0.3, 0.4) is 0 Å². The van der Waals surface area contributed by atoms with Crippen LogP contribution < -0.4 is 4.72 Å². The van der Waals surface area contributed by atoms with Gasteiger partial charge in [0.05, 0.1) is 4.90 Å². The van der Waals surface area contributed by atoms with E-state index in [-0.39, 0.29) is 10.8 Å². The van der Waals surface area contributed by atoms with E-state index in [1.54, 1.807) is 36.4 Å². The van der Waals surface area contributed by atoms with E-state index < -0.39 is 10.0 Å². The van der Waals surface area contributed by atoms with Crippen molar-refractivity contribution in [3.8, 4) is 0 Å². The molecule has 0 bridgehead atoms. The summed E-state index contributed by atoms with van der Waals surface area (Å²) < 4.78 is 27.7. The first-order valence-corrected chi connectivity index (χ1v) is 12.2. The van der Waals surface area contributed by atoms with E-state index in [2.05, 4.69) is 9.62 Å². The molecule has 0 unspecified atom stereocenters. The van der Waals surface area contributed by atoms with Crippen LogP contribution in [0.2, 0.25) is 5.02 Å². The third kappa shape index (κ3) is 4.79. The van der Waals surface area contributed by atoms with Gasteiger partial charge in [0.1, 0.15) is 0 Å². The van der Waals surface area contributed by atoms with Crippen molar-refractivity contribution < 1.29 is 13.2 Å². The van der Waals surface area contributed by atoms with Crippen molar-refractivity contribution >= 4 is 33.2 Å². The number of carbonyl (C=O) groups excluding carboxylic acids is 1. The van der Waals surface area contributed by atoms with E-state index in [0.717, 1.165) is 13.1 Å². The molecular weight excluding hydrogens is 422 g/mol. The molecule has 1 N–H and O–H groups in total. The first-order chi connectivity index (χ1) is 14.4. The van der Waals surface area contributed by atoms with Crippen molar-refractivity contribution in [3.63, 3.8) is 0 Å². The Hall–Kier alpha value is -2.09. The summed E-state index contributed by atoms with van der Waals surface area (Å²) in [5.74, 6) is -0.0457. The van der Waals surface area contributed by atoms with E-state index >= 15 is 0 Å². The van der Waals surface area contributed by atoms with Gasteiger partial charge in [0.15, 0.2) is 0 Å². The van der Waals surface area contributed by atoms with E-state index in [4.69, 9.17) is 11.6 Å². The molecule has 2 aromatic carbocycles. The van der Waals surface area contributed by atoms with Gasteiger partial charge < -0.3 is 4.90 Å². The van der Waals surface area contributed by atoms with Crippen molar-refractivity contribution in [1.82, 2.24) is 9.80 Å². The van der Waals surface area contributed by atoms with Crippen LogP contribution in [0.25, 0.3) is 0 Å². The second-order valence-corrected chi connectivity index (χ2v) is 10.0. The fraction of sp³-hybridized carbons (Fsp3) is 0.409. The molecule has 1 aliphatic heterocycles. The van der Waals surface area contributed by atoms with Gasteiger partial charge >= 0.3 is 0 Å². The lowest BCUT2D eigenvalue weighted by Crippen LogP contribution is -2.51. The molecule has 2 aliphatic rings. The number of anilines is 1. The van der Waals surface area contributed by atoms with Crippen LogP contribution in [0.15, 0.2) is 53.4 Å². The topological polar surface area (TPSA) is 69.7 Å². The molecule has 160 valence electrons.